The predicted molar refractivity (Wildman–Crippen MR) is 93.5 cm³/mol. The standard InChI is InChI=1S/C20H25NO2/c1-15(19(22)21-14-16-8-6-5-7-9-16)23-18-12-10-17(11-13-18)20(2,3)4/h5-13,15H,14H2,1-4H3,(H,21,22)/t15-/m0/s1. The Kier molecular flexibility index (Phi) is 5.43. The van der Waals surface area contributed by atoms with Gasteiger partial charge >= 0.3 is 0 Å². The van der Waals surface area contributed by atoms with E-state index in [-0.39, 0.29) is 11.3 Å². The molecule has 1 N–H and O–H groups in total. The number of ether oxygens (including phenoxy) is 1. The van der Waals surface area contributed by atoms with Gasteiger partial charge in [0, 0.05) is 6.54 Å². The van der Waals surface area contributed by atoms with Crippen LogP contribution in [-0.2, 0) is 16.8 Å². The van der Waals surface area contributed by atoms with E-state index in [0.29, 0.717) is 12.3 Å². The highest BCUT2D eigenvalue weighted by atomic mass is 16.5. The minimum atomic E-state index is -0.529. The van der Waals surface area contributed by atoms with Gasteiger partial charge < -0.3 is 10.1 Å². The molecule has 0 unspecified atom stereocenters. The largest absolute Gasteiger partial charge is 0.481 e. The molecule has 3 heteroatoms. The van der Waals surface area contributed by atoms with Crippen LogP contribution in [0.2, 0.25) is 0 Å². The lowest BCUT2D eigenvalue weighted by Gasteiger charge is -2.20. The zero-order valence-electron chi connectivity index (χ0n) is 14.3. The number of benzene rings is 2. The first kappa shape index (κ1) is 17.1. The van der Waals surface area contributed by atoms with Crippen LogP contribution in [0.3, 0.4) is 0 Å². The van der Waals surface area contributed by atoms with Gasteiger partial charge in [-0.15, -0.1) is 0 Å². The lowest BCUT2D eigenvalue weighted by molar-refractivity contribution is -0.127. The van der Waals surface area contributed by atoms with Gasteiger partial charge in [-0.1, -0.05) is 63.2 Å². The first-order valence-corrected chi connectivity index (χ1v) is 7.95. The van der Waals surface area contributed by atoms with E-state index in [0.717, 1.165) is 5.56 Å². The fourth-order valence-corrected chi connectivity index (χ4v) is 2.22. The van der Waals surface area contributed by atoms with Crippen molar-refractivity contribution in [2.24, 2.45) is 0 Å². The molecule has 0 heterocycles. The van der Waals surface area contributed by atoms with Crippen LogP contribution < -0.4 is 10.1 Å². The summed E-state index contributed by atoms with van der Waals surface area (Å²) in [6, 6.07) is 17.8. The Balaban J connectivity index is 1.88. The second-order valence-corrected chi connectivity index (χ2v) is 6.74. The van der Waals surface area contributed by atoms with Crippen LogP contribution in [0.4, 0.5) is 0 Å². The van der Waals surface area contributed by atoms with Gasteiger partial charge in [0.15, 0.2) is 6.10 Å². The molecule has 0 fully saturated rings. The highest BCUT2D eigenvalue weighted by Gasteiger charge is 2.16. The Morgan fingerprint density at radius 1 is 1.04 bits per heavy atom. The van der Waals surface area contributed by atoms with Crippen LogP contribution in [-0.4, -0.2) is 12.0 Å². The number of amides is 1. The number of nitrogens with one attached hydrogen (secondary N) is 1. The average molecular weight is 311 g/mol. The molecule has 2 aromatic carbocycles. The van der Waals surface area contributed by atoms with Crippen molar-refractivity contribution in [3.63, 3.8) is 0 Å². The maximum Gasteiger partial charge on any atom is 0.261 e. The van der Waals surface area contributed by atoms with Gasteiger partial charge in [-0.2, -0.15) is 0 Å². The monoisotopic (exact) mass is 311 g/mol. The SMILES string of the molecule is C[C@H](Oc1ccc(C(C)(C)C)cc1)C(=O)NCc1ccccc1. The van der Waals surface area contributed by atoms with Crippen LogP contribution in [0, 0.1) is 0 Å². The summed E-state index contributed by atoms with van der Waals surface area (Å²) in [4.78, 5) is 12.1. The lowest BCUT2D eigenvalue weighted by Crippen LogP contribution is -2.35. The molecule has 0 aliphatic carbocycles. The minimum Gasteiger partial charge on any atom is -0.481 e. The fraction of sp³-hybridized carbons (Fsp3) is 0.350. The molecule has 0 aliphatic heterocycles. The predicted octanol–water partition coefficient (Wildman–Crippen LogP) is 4.07. The maximum absolute atomic E-state index is 12.1. The van der Waals surface area contributed by atoms with E-state index >= 15 is 0 Å². The molecule has 0 spiro atoms. The van der Waals surface area contributed by atoms with Crippen LogP contribution in [0.1, 0.15) is 38.8 Å². The molecule has 2 rings (SSSR count). The third-order valence-corrected chi connectivity index (χ3v) is 3.71. The number of rotatable bonds is 5. The second-order valence-electron chi connectivity index (χ2n) is 6.74. The van der Waals surface area contributed by atoms with Crippen LogP contribution >= 0.6 is 0 Å². The van der Waals surface area contributed by atoms with Gasteiger partial charge in [0.2, 0.25) is 0 Å². The summed E-state index contributed by atoms with van der Waals surface area (Å²) in [7, 11) is 0. The Morgan fingerprint density at radius 2 is 1.65 bits per heavy atom. The normalized spacial score (nSPS) is 12.5. The molecule has 3 nitrogen and oxygen atoms in total. The van der Waals surface area contributed by atoms with Crippen LogP contribution in [0.5, 0.6) is 5.75 Å². The Bertz CT molecular complexity index is 627. The van der Waals surface area contributed by atoms with Crippen molar-refractivity contribution >= 4 is 5.91 Å². The molecule has 1 atom stereocenters. The Labute approximate surface area is 138 Å². The quantitative estimate of drug-likeness (QED) is 0.904. The van der Waals surface area contributed by atoms with Crippen LogP contribution in [0.15, 0.2) is 54.6 Å². The highest BCUT2D eigenvalue weighted by Crippen LogP contribution is 2.24. The lowest BCUT2D eigenvalue weighted by atomic mass is 9.87. The van der Waals surface area contributed by atoms with E-state index in [4.69, 9.17) is 4.74 Å². The topological polar surface area (TPSA) is 38.3 Å². The van der Waals surface area contributed by atoms with Gasteiger partial charge in [0.1, 0.15) is 5.75 Å². The molecule has 1 amide bonds. The summed E-state index contributed by atoms with van der Waals surface area (Å²) in [5.41, 5.74) is 2.42. The molecule has 0 bridgehead atoms. The maximum atomic E-state index is 12.1. The van der Waals surface area contributed by atoms with Crippen molar-refractivity contribution in [1.82, 2.24) is 5.32 Å². The van der Waals surface area contributed by atoms with E-state index in [2.05, 4.69) is 26.1 Å². The number of carbonyl (C=O) groups excluding carboxylic acids is 1. The van der Waals surface area contributed by atoms with Gasteiger partial charge in [0.25, 0.3) is 5.91 Å². The molecule has 122 valence electrons. The fourth-order valence-electron chi connectivity index (χ4n) is 2.22. The van der Waals surface area contributed by atoms with Crippen molar-refractivity contribution in [1.29, 1.82) is 0 Å². The second kappa shape index (κ2) is 7.32. The number of hydrogen-bond donors (Lipinski definition) is 1. The van der Waals surface area contributed by atoms with E-state index < -0.39 is 6.10 Å². The van der Waals surface area contributed by atoms with Gasteiger partial charge in [-0.25, -0.2) is 0 Å². The zero-order valence-corrected chi connectivity index (χ0v) is 14.3. The molecule has 0 saturated heterocycles. The number of carbonyl (C=O) groups is 1. The molecular formula is C20H25NO2. The van der Waals surface area contributed by atoms with Gasteiger partial charge in [-0.05, 0) is 35.6 Å². The van der Waals surface area contributed by atoms with Crippen molar-refractivity contribution < 1.29 is 9.53 Å². The zero-order chi connectivity index (χ0) is 16.9. The molecule has 0 saturated carbocycles. The smallest absolute Gasteiger partial charge is 0.261 e. The van der Waals surface area contributed by atoms with E-state index in [9.17, 15) is 4.79 Å². The van der Waals surface area contributed by atoms with Crippen molar-refractivity contribution in [2.75, 3.05) is 0 Å². The summed E-state index contributed by atoms with van der Waals surface area (Å²) >= 11 is 0. The summed E-state index contributed by atoms with van der Waals surface area (Å²) < 4.78 is 5.72. The third kappa shape index (κ3) is 5.13. The summed E-state index contributed by atoms with van der Waals surface area (Å²) in [6.07, 6.45) is -0.529. The van der Waals surface area contributed by atoms with E-state index in [1.807, 2.05) is 54.6 Å². The first-order chi connectivity index (χ1) is 10.9. The van der Waals surface area contributed by atoms with Crippen molar-refractivity contribution in [3.05, 3.63) is 65.7 Å². The molecule has 2 aromatic rings. The van der Waals surface area contributed by atoms with E-state index in [1.54, 1.807) is 6.92 Å². The highest BCUT2D eigenvalue weighted by molar-refractivity contribution is 5.80. The Morgan fingerprint density at radius 3 is 2.22 bits per heavy atom. The molecular weight excluding hydrogens is 286 g/mol. The Hall–Kier alpha value is -2.29. The van der Waals surface area contributed by atoms with Gasteiger partial charge in [-0.3, -0.25) is 4.79 Å². The summed E-state index contributed by atoms with van der Waals surface area (Å²) in [6.45, 7) is 8.78. The summed E-state index contributed by atoms with van der Waals surface area (Å²) in [5.74, 6) is 0.592. The van der Waals surface area contributed by atoms with Crippen molar-refractivity contribution in [2.45, 2.75) is 45.8 Å². The molecule has 0 aromatic heterocycles. The van der Waals surface area contributed by atoms with Gasteiger partial charge in [0.05, 0.1) is 0 Å². The summed E-state index contributed by atoms with van der Waals surface area (Å²) in [5, 5.41) is 2.89. The first-order valence-electron chi connectivity index (χ1n) is 7.95. The average Bonchev–Trinajstić information content (AvgIpc) is 2.53. The minimum absolute atomic E-state index is 0.108. The molecule has 23 heavy (non-hydrogen) atoms. The van der Waals surface area contributed by atoms with Crippen LogP contribution in [0.25, 0.3) is 0 Å². The van der Waals surface area contributed by atoms with Crippen molar-refractivity contribution in [3.8, 4) is 5.75 Å². The molecule has 0 radical (unpaired) electrons. The molecule has 0 aliphatic rings. The third-order valence-electron chi connectivity index (χ3n) is 3.71. The van der Waals surface area contributed by atoms with E-state index in [1.165, 1.54) is 5.56 Å². The number of hydrogen-bond acceptors (Lipinski definition) is 2.